The smallest absolute Gasteiger partial charge is 0.253 e. The van der Waals surface area contributed by atoms with Gasteiger partial charge in [-0.2, -0.15) is 0 Å². The molecule has 0 radical (unpaired) electrons. The molecular formula is C29H36N2O2S. The molecule has 2 heterocycles. The number of carbonyl (C=O) groups excluding carboxylic acids is 1. The number of hydrogen-bond acceptors (Lipinski definition) is 4. The van der Waals surface area contributed by atoms with Crippen LogP contribution in [0.2, 0.25) is 0 Å². The lowest BCUT2D eigenvalue weighted by atomic mass is 9.79. The van der Waals surface area contributed by atoms with Crippen LogP contribution in [-0.4, -0.2) is 42.9 Å². The van der Waals surface area contributed by atoms with Gasteiger partial charge < -0.3 is 9.64 Å². The first-order valence-corrected chi connectivity index (χ1v) is 13.2. The first-order chi connectivity index (χ1) is 16.5. The van der Waals surface area contributed by atoms with Gasteiger partial charge in [-0.3, -0.25) is 9.69 Å². The Hall–Kier alpha value is -2.63. The summed E-state index contributed by atoms with van der Waals surface area (Å²) in [6.07, 6.45) is 5.10. The number of nitrogens with zero attached hydrogens (tertiary/aromatic N) is 2. The summed E-state index contributed by atoms with van der Waals surface area (Å²) in [6.45, 7) is 3.68. The Kier molecular flexibility index (Phi) is 8.07. The highest BCUT2D eigenvalue weighted by molar-refractivity contribution is 7.10. The molecule has 180 valence electrons. The lowest BCUT2D eigenvalue weighted by Gasteiger charge is -2.46. The first kappa shape index (κ1) is 24.5. The molecule has 4 rings (SSSR count). The van der Waals surface area contributed by atoms with E-state index in [0.29, 0.717) is 5.56 Å². The Morgan fingerprint density at radius 2 is 1.82 bits per heavy atom. The number of piperidine rings is 1. The maximum Gasteiger partial charge on any atom is 0.253 e. The van der Waals surface area contributed by atoms with E-state index in [9.17, 15) is 4.79 Å². The van der Waals surface area contributed by atoms with Gasteiger partial charge in [0.2, 0.25) is 0 Å². The number of carbonyl (C=O) groups is 1. The van der Waals surface area contributed by atoms with E-state index in [1.165, 1.54) is 10.4 Å². The summed E-state index contributed by atoms with van der Waals surface area (Å²) in [5.74, 6) is 0.858. The van der Waals surface area contributed by atoms with E-state index in [0.717, 1.165) is 50.9 Å². The van der Waals surface area contributed by atoms with Gasteiger partial charge in [0.1, 0.15) is 11.9 Å². The predicted octanol–water partition coefficient (Wildman–Crippen LogP) is 6.75. The second kappa shape index (κ2) is 11.2. The fraction of sp³-hybridized carbons (Fsp3) is 0.414. The zero-order valence-corrected chi connectivity index (χ0v) is 21.4. The van der Waals surface area contributed by atoms with Crippen molar-refractivity contribution < 1.29 is 9.53 Å². The third-order valence-corrected chi connectivity index (χ3v) is 8.05. The highest BCUT2D eigenvalue weighted by atomic mass is 32.1. The number of unbranched alkanes of at least 4 members (excludes halogenated alkanes) is 1. The van der Waals surface area contributed by atoms with Gasteiger partial charge in [-0.15, -0.1) is 11.3 Å². The summed E-state index contributed by atoms with van der Waals surface area (Å²) < 4.78 is 6.39. The zero-order valence-electron chi connectivity index (χ0n) is 20.6. The second-order valence-electron chi connectivity index (χ2n) is 9.38. The van der Waals surface area contributed by atoms with Gasteiger partial charge in [0, 0.05) is 29.1 Å². The highest BCUT2D eigenvalue weighted by Gasteiger charge is 2.39. The number of benzene rings is 2. The molecule has 1 amide bonds. The van der Waals surface area contributed by atoms with Crippen molar-refractivity contribution in [2.24, 2.45) is 0 Å². The van der Waals surface area contributed by atoms with Crippen LogP contribution in [0.4, 0.5) is 0 Å². The SMILES string of the molecule is CCCCC(Oc1cccc(C(=O)N2CCC(c3ccccc3)(N(C)C)CC2)c1)c1cccs1. The highest BCUT2D eigenvalue weighted by Crippen LogP contribution is 2.38. The van der Waals surface area contributed by atoms with E-state index in [1.807, 2.05) is 29.2 Å². The number of amides is 1. The molecule has 3 aromatic rings. The Morgan fingerprint density at radius 1 is 1.06 bits per heavy atom. The van der Waals surface area contributed by atoms with E-state index in [2.05, 4.69) is 73.8 Å². The number of thiophene rings is 1. The van der Waals surface area contributed by atoms with Crippen LogP contribution in [0, 0.1) is 0 Å². The van der Waals surface area contributed by atoms with Crippen LogP contribution in [0.15, 0.2) is 72.1 Å². The van der Waals surface area contributed by atoms with Crippen LogP contribution in [0.1, 0.15) is 65.9 Å². The van der Waals surface area contributed by atoms with Crippen LogP contribution < -0.4 is 4.74 Å². The average Bonchev–Trinajstić information content (AvgIpc) is 3.42. The largest absolute Gasteiger partial charge is 0.485 e. The van der Waals surface area contributed by atoms with Crippen molar-refractivity contribution in [3.05, 3.63) is 88.1 Å². The molecule has 1 fully saturated rings. The van der Waals surface area contributed by atoms with Gasteiger partial charge in [0.05, 0.1) is 0 Å². The van der Waals surface area contributed by atoms with Crippen molar-refractivity contribution in [1.82, 2.24) is 9.80 Å². The molecule has 0 bridgehead atoms. The monoisotopic (exact) mass is 476 g/mol. The molecule has 1 atom stereocenters. The summed E-state index contributed by atoms with van der Waals surface area (Å²) in [5, 5.41) is 2.09. The summed E-state index contributed by atoms with van der Waals surface area (Å²) >= 11 is 1.73. The molecule has 1 saturated heterocycles. The fourth-order valence-corrected chi connectivity index (χ4v) is 5.78. The molecule has 2 aromatic carbocycles. The zero-order chi connectivity index (χ0) is 24.0. The van der Waals surface area contributed by atoms with Crippen LogP contribution in [0.25, 0.3) is 0 Å². The lowest BCUT2D eigenvalue weighted by Crippen LogP contribution is -2.51. The number of hydrogen-bond donors (Lipinski definition) is 0. The lowest BCUT2D eigenvalue weighted by molar-refractivity contribution is 0.0411. The standard InChI is InChI=1S/C29H36N2O2S/c1-4-5-15-26(27-16-10-21-34-27)33-25-14-9-11-23(22-25)28(32)31-19-17-29(18-20-31,30(2)3)24-12-7-6-8-13-24/h6-14,16,21-22,26H,4-5,15,17-20H2,1-3H3. The third-order valence-electron chi connectivity index (χ3n) is 7.08. The molecule has 0 spiro atoms. The Balaban J connectivity index is 1.45. The summed E-state index contributed by atoms with van der Waals surface area (Å²) in [6, 6.07) is 22.6. The maximum atomic E-state index is 13.4. The average molecular weight is 477 g/mol. The Labute approximate surface area is 208 Å². The van der Waals surface area contributed by atoms with Crippen molar-refractivity contribution in [1.29, 1.82) is 0 Å². The number of likely N-dealkylation sites (tertiary alicyclic amines) is 1. The van der Waals surface area contributed by atoms with Crippen LogP contribution in [-0.2, 0) is 5.54 Å². The van der Waals surface area contributed by atoms with Crippen molar-refractivity contribution in [2.75, 3.05) is 27.2 Å². The molecular weight excluding hydrogens is 440 g/mol. The van der Waals surface area contributed by atoms with Crippen molar-refractivity contribution in [3.63, 3.8) is 0 Å². The summed E-state index contributed by atoms with van der Waals surface area (Å²) in [4.78, 5) is 19.0. The molecule has 34 heavy (non-hydrogen) atoms. The van der Waals surface area contributed by atoms with Crippen molar-refractivity contribution in [2.45, 2.75) is 50.7 Å². The Morgan fingerprint density at radius 3 is 2.47 bits per heavy atom. The molecule has 1 aliphatic rings. The maximum absolute atomic E-state index is 13.4. The minimum Gasteiger partial charge on any atom is -0.485 e. The van der Waals surface area contributed by atoms with Gasteiger partial charge in [0.25, 0.3) is 5.91 Å². The normalized spacial score (nSPS) is 16.4. The van der Waals surface area contributed by atoms with Gasteiger partial charge in [-0.25, -0.2) is 0 Å². The van der Waals surface area contributed by atoms with Gasteiger partial charge in [0.15, 0.2) is 0 Å². The van der Waals surface area contributed by atoms with Crippen LogP contribution >= 0.6 is 11.3 Å². The number of ether oxygens (including phenoxy) is 1. The van der Waals surface area contributed by atoms with E-state index in [1.54, 1.807) is 11.3 Å². The molecule has 1 aliphatic heterocycles. The molecule has 5 heteroatoms. The van der Waals surface area contributed by atoms with E-state index >= 15 is 0 Å². The molecule has 0 aliphatic carbocycles. The van der Waals surface area contributed by atoms with E-state index < -0.39 is 0 Å². The fourth-order valence-electron chi connectivity index (χ4n) is 4.99. The van der Waals surface area contributed by atoms with E-state index in [-0.39, 0.29) is 17.6 Å². The quantitative estimate of drug-likeness (QED) is 0.342. The predicted molar refractivity (Wildman–Crippen MR) is 141 cm³/mol. The molecule has 1 unspecified atom stereocenters. The Bertz CT molecular complexity index is 1040. The van der Waals surface area contributed by atoms with Crippen molar-refractivity contribution in [3.8, 4) is 5.75 Å². The summed E-state index contributed by atoms with van der Waals surface area (Å²) in [5.41, 5.74) is 2.00. The molecule has 4 nitrogen and oxygen atoms in total. The minimum atomic E-state index is -0.0315. The molecule has 0 saturated carbocycles. The summed E-state index contributed by atoms with van der Waals surface area (Å²) in [7, 11) is 4.29. The minimum absolute atomic E-state index is 0.0315. The number of rotatable bonds is 9. The second-order valence-corrected chi connectivity index (χ2v) is 10.4. The van der Waals surface area contributed by atoms with Crippen LogP contribution in [0.5, 0.6) is 5.75 Å². The third kappa shape index (κ3) is 5.37. The van der Waals surface area contributed by atoms with Gasteiger partial charge in [-0.05, 0) is 75.0 Å². The van der Waals surface area contributed by atoms with Gasteiger partial charge in [-0.1, -0.05) is 55.8 Å². The van der Waals surface area contributed by atoms with Gasteiger partial charge >= 0.3 is 0 Å². The van der Waals surface area contributed by atoms with Crippen LogP contribution in [0.3, 0.4) is 0 Å². The molecule has 1 aromatic heterocycles. The molecule has 0 N–H and O–H groups in total. The topological polar surface area (TPSA) is 32.8 Å². The first-order valence-electron chi connectivity index (χ1n) is 12.4. The van der Waals surface area contributed by atoms with Crippen molar-refractivity contribution >= 4 is 17.2 Å². The van der Waals surface area contributed by atoms with E-state index in [4.69, 9.17) is 4.74 Å².